The van der Waals surface area contributed by atoms with E-state index in [0.717, 1.165) is 11.3 Å². The first kappa shape index (κ1) is 15.0. The molecule has 0 radical (unpaired) electrons. The van der Waals surface area contributed by atoms with Crippen LogP contribution in [-0.4, -0.2) is 5.91 Å². The second kappa shape index (κ2) is 6.35. The van der Waals surface area contributed by atoms with E-state index in [4.69, 9.17) is 40.5 Å². The predicted octanol–water partition coefficient (Wildman–Crippen LogP) is 4.36. The molecule has 20 heavy (non-hydrogen) atoms. The van der Waals surface area contributed by atoms with Crippen LogP contribution in [0.3, 0.4) is 0 Å². The Labute approximate surface area is 131 Å². The lowest BCUT2D eigenvalue weighted by Gasteiger charge is -2.09. The number of amides is 1. The Hall–Kier alpha value is -1.42. The molecule has 6 heteroatoms. The molecular weight excluding hydrogens is 319 g/mol. The van der Waals surface area contributed by atoms with Gasteiger partial charge in [0.2, 0.25) is 5.91 Å². The summed E-state index contributed by atoms with van der Waals surface area (Å²) in [7, 11) is 0. The minimum absolute atomic E-state index is 0.283. The summed E-state index contributed by atoms with van der Waals surface area (Å²) in [5.41, 5.74) is 7.24. The minimum Gasteiger partial charge on any atom is -0.381 e. The van der Waals surface area contributed by atoms with Gasteiger partial charge in [-0.3, -0.25) is 4.79 Å². The normalized spacial score (nSPS) is 10.3. The summed E-state index contributed by atoms with van der Waals surface area (Å²) in [6.45, 7) is 0.538. The van der Waals surface area contributed by atoms with Gasteiger partial charge in [0.15, 0.2) is 0 Å². The summed E-state index contributed by atoms with van der Waals surface area (Å²) in [6.07, 6.45) is 0. The van der Waals surface area contributed by atoms with Crippen LogP contribution in [0.25, 0.3) is 0 Å². The number of primary amides is 1. The SMILES string of the molecule is NC(=O)c1cc(NCc2ccc(Cl)c(Cl)c2)ccc1Cl. The first-order chi connectivity index (χ1) is 9.47. The Morgan fingerprint density at radius 2 is 1.70 bits per heavy atom. The standard InChI is InChI=1S/C14H11Cl3N2O/c15-11-4-2-9(6-10(11)14(18)20)19-7-8-1-3-12(16)13(17)5-8/h1-6,19H,7H2,(H2,18,20). The molecule has 0 aliphatic rings. The monoisotopic (exact) mass is 328 g/mol. The molecule has 2 rings (SSSR count). The quantitative estimate of drug-likeness (QED) is 0.875. The van der Waals surface area contributed by atoms with Gasteiger partial charge in [-0.15, -0.1) is 0 Å². The number of carbonyl (C=O) groups is 1. The number of nitrogens with two attached hydrogens (primary N) is 1. The van der Waals surface area contributed by atoms with Crippen molar-refractivity contribution in [1.29, 1.82) is 0 Å². The van der Waals surface area contributed by atoms with Crippen LogP contribution in [0.1, 0.15) is 15.9 Å². The highest BCUT2D eigenvalue weighted by Crippen LogP contribution is 2.24. The van der Waals surface area contributed by atoms with E-state index < -0.39 is 5.91 Å². The maximum atomic E-state index is 11.2. The molecule has 0 spiro atoms. The highest BCUT2D eigenvalue weighted by atomic mass is 35.5. The lowest BCUT2D eigenvalue weighted by atomic mass is 10.1. The Kier molecular flexibility index (Phi) is 4.76. The van der Waals surface area contributed by atoms with E-state index in [1.807, 2.05) is 6.07 Å². The predicted molar refractivity (Wildman–Crippen MR) is 83.8 cm³/mol. The molecule has 0 aliphatic heterocycles. The smallest absolute Gasteiger partial charge is 0.250 e. The number of carbonyl (C=O) groups excluding carboxylic acids is 1. The molecule has 0 bridgehead atoms. The molecule has 0 saturated carbocycles. The molecule has 0 fully saturated rings. The number of benzene rings is 2. The maximum Gasteiger partial charge on any atom is 0.250 e. The van der Waals surface area contributed by atoms with Gasteiger partial charge >= 0.3 is 0 Å². The molecular formula is C14H11Cl3N2O. The van der Waals surface area contributed by atoms with Crippen molar-refractivity contribution in [2.24, 2.45) is 5.73 Å². The van der Waals surface area contributed by atoms with Crippen LogP contribution in [0, 0.1) is 0 Å². The van der Waals surface area contributed by atoms with E-state index in [-0.39, 0.29) is 5.56 Å². The molecule has 1 amide bonds. The lowest BCUT2D eigenvalue weighted by Crippen LogP contribution is -2.12. The molecule has 3 N–H and O–H groups in total. The number of rotatable bonds is 4. The summed E-state index contributed by atoms with van der Waals surface area (Å²) in [6, 6.07) is 10.4. The van der Waals surface area contributed by atoms with Crippen LogP contribution in [0.5, 0.6) is 0 Å². The third-order valence-corrected chi connectivity index (χ3v) is 3.78. The zero-order valence-electron chi connectivity index (χ0n) is 10.3. The van der Waals surface area contributed by atoms with Gasteiger partial charge in [-0.25, -0.2) is 0 Å². The maximum absolute atomic E-state index is 11.2. The molecule has 0 aromatic heterocycles. The largest absolute Gasteiger partial charge is 0.381 e. The van der Waals surface area contributed by atoms with Crippen LogP contribution in [0.15, 0.2) is 36.4 Å². The van der Waals surface area contributed by atoms with Crippen molar-refractivity contribution in [3.05, 3.63) is 62.6 Å². The summed E-state index contributed by atoms with van der Waals surface area (Å²) < 4.78 is 0. The molecule has 0 aliphatic carbocycles. The van der Waals surface area contributed by atoms with Gasteiger partial charge in [-0.2, -0.15) is 0 Å². The molecule has 2 aromatic rings. The highest BCUT2D eigenvalue weighted by molar-refractivity contribution is 6.42. The molecule has 104 valence electrons. The zero-order chi connectivity index (χ0) is 14.7. The Bertz CT molecular complexity index is 659. The van der Waals surface area contributed by atoms with Crippen LogP contribution in [0.2, 0.25) is 15.1 Å². The average Bonchev–Trinajstić information content (AvgIpc) is 2.41. The molecule has 3 nitrogen and oxygen atoms in total. The molecule has 2 aromatic carbocycles. The van der Waals surface area contributed by atoms with Crippen molar-refractivity contribution < 1.29 is 4.79 Å². The summed E-state index contributed by atoms with van der Waals surface area (Å²) in [4.78, 5) is 11.2. The van der Waals surface area contributed by atoms with Gasteiger partial charge in [0.1, 0.15) is 0 Å². The Morgan fingerprint density at radius 3 is 2.35 bits per heavy atom. The molecule has 0 unspecified atom stereocenters. The molecule has 0 atom stereocenters. The van der Waals surface area contributed by atoms with E-state index in [9.17, 15) is 4.79 Å². The number of nitrogens with one attached hydrogen (secondary N) is 1. The number of hydrogen-bond acceptors (Lipinski definition) is 2. The van der Waals surface area contributed by atoms with E-state index in [0.29, 0.717) is 21.6 Å². The lowest BCUT2D eigenvalue weighted by molar-refractivity contribution is 0.100. The topological polar surface area (TPSA) is 55.1 Å². The zero-order valence-corrected chi connectivity index (χ0v) is 12.6. The molecule has 0 heterocycles. The van der Waals surface area contributed by atoms with Crippen LogP contribution >= 0.6 is 34.8 Å². The second-order valence-corrected chi connectivity index (χ2v) is 5.38. The van der Waals surface area contributed by atoms with Gasteiger partial charge in [0, 0.05) is 12.2 Å². The second-order valence-electron chi connectivity index (χ2n) is 4.16. The first-order valence-corrected chi connectivity index (χ1v) is 6.88. The average molecular weight is 330 g/mol. The fraction of sp³-hybridized carbons (Fsp3) is 0.0714. The number of halogens is 3. The van der Waals surface area contributed by atoms with Crippen LogP contribution in [-0.2, 0) is 6.54 Å². The van der Waals surface area contributed by atoms with Gasteiger partial charge in [-0.05, 0) is 35.9 Å². The minimum atomic E-state index is -0.562. The third kappa shape index (κ3) is 3.57. The van der Waals surface area contributed by atoms with Crippen LogP contribution < -0.4 is 11.1 Å². The van der Waals surface area contributed by atoms with Crippen molar-refractivity contribution >= 4 is 46.4 Å². The van der Waals surface area contributed by atoms with Crippen molar-refractivity contribution in [3.63, 3.8) is 0 Å². The van der Waals surface area contributed by atoms with Crippen LogP contribution in [0.4, 0.5) is 5.69 Å². The number of hydrogen-bond donors (Lipinski definition) is 2. The van der Waals surface area contributed by atoms with Crippen molar-refractivity contribution in [2.45, 2.75) is 6.54 Å². The van der Waals surface area contributed by atoms with Gasteiger partial charge in [0.25, 0.3) is 0 Å². The summed E-state index contributed by atoms with van der Waals surface area (Å²) in [5, 5.41) is 4.50. The highest BCUT2D eigenvalue weighted by Gasteiger charge is 2.07. The Morgan fingerprint density at radius 1 is 1.00 bits per heavy atom. The van der Waals surface area contributed by atoms with Crippen molar-refractivity contribution in [1.82, 2.24) is 0 Å². The third-order valence-electron chi connectivity index (χ3n) is 2.71. The van der Waals surface area contributed by atoms with E-state index in [2.05, 4.69) is 5.32 Å². The summed E-state index contributed by atoms with van der Waals surface area (Å²) >= 11 is 17.7. The summed E-state index contributed by atoms with van der Waals surface area (Å²) in [5.74, 6) is -0.562. The van der Waals surface area contributed by atoms with E-state index >= 15 is 0 Å². The van der Waals surface area contributed by atoms with Gasteiger partial charge in [-0.1, -0.05) is 40.9 Å². The van der Waals surface area contributed by atoms with Crippen molar-refractivity contribution in [3.8, 4) is 0 Å². The van der Waals surface area contributed by atoms with E-state index in [1.165, 1.54) is 0 Å². The first-order valence-electron chi connectivity index (χ1n) is 5.74. The molecule has 0 saturated heterocycles. The Balaban J connectivity index is 2.12. The van der Waals surface area contributed by atoms with Gasteiger partial charge in [0.05, 0.1) is 20.6 Å². The number of anilines is 1. The van der Waals surface area contributed by atoms with E-state index in [1.54, 1.807) is 30.3 Å². The van der Waals surface area contributed by atoms with Crippen molar-refractivity contribution in [2.75, 3.05) is 5.32 Å². The van der Waals surface area contributed by atoms with Gasteiger partial charge < -0.3 is 11.1 Å². The fourth-order valence-electron chi connectivity index (χ4n) is 1.68. The fourth-order valence-corrected chi connectivity index (χ4v) is 2.21.